The number of ether oxygens (including phenoxy) is 1. The van der Waals surface area contributed by atoms with Gasteiger partial charge in [0.2, 0.25) is 0 Å². The zero-order chi connectivity index (χ0) is 14.4. The Labute approximate surface area is 118 Å². The van der Waals surface area contributed by atoms with Crippen molar-refractivity contribution in [3.05, 3.63) is 30.1 Å². The standard InChI is InChI=1S/C15H20FNO3/c16-12-5-7-13(8-6-12)20-11-10-17-9-3-1-2-4-14(17)15(18)19/h5-8,14H,1-4,9-11H2,(H,18,19). The highest BCUT2D eigenvalue weighted by Gasteiger charge is 2.26. The van der Waals surface area contributed by atoms with Crippen molar-refractivity contribution < 1.29 is 19.0 Å². The molecule has 0 amide bonds. The average molecular weight is 281 g/mol. The van der Waals surface area contributed by atoms with Crippen molar-refractivity contribution in [3.63, 3.8) is 0 Å². The summed E-state index contributed by atoms with van der Waals surface area (Å²) in [5.74, 6) is -0.447. The number of likely N-dealkylation sites (tertiary alicyclic amines) is 1. The second-order valence-electron chi connectivity index (χ2n) is 5.04. The topological polar surface area (TPSA) is 49.8 Å². The second-order valence-corrected chi connectivity index (χ2v) is 5.04. The minimum absolute atomic E-state index is 0.296. The molecule has 1 aromatic carbocycles. The molecule has 0 bridgehead atoms. The molecule has 0 spiro atoms. The van der Waals surface area contributed by atoms with Crippen LogP contribution in [0.5, 0.6) is 5.75 Å². The van der Waals surface area contributed by atoms with Gasteiger partial charge in [-0.2, -0.15) is 0 Å². The highest BCUT2D eigenvalue weighted by molar-refractivity contribution is 5.73. The quantitative estimate of drug-likeness (QED) is 0.901. The Balaban J connectivity index is 1.84. The molecule has 1 aliphatic rings. The molecule has 2 rings (SSSR count). The van der Waals surface area contributed by atoms with Crippen LogP contribution in [0.4, 0.5) is 4.39 Å². The van der Waals surface area contributed by atoms with E-state index in [-0.39, 0.29) is 5.82 Å². The van der Waals surface area contributed by atoms with Crippen molar-refractivity contribution in [2.24, 2.45) is 0 Å². The highest BCUT2D eigenvalue weighted by atomic mass is 19.1. The minimum Gasteiger partial charge on any atom is -0.492 e. The van der Waals surface area contributed by atoms with E-state index in [1.807, 2.05) is 4.90 Å². The zero-order valence-corrected chi connectivity index (χ0v) is 11.4. The maximum Gasteiger partial charge on any atom is 0.320 e. The summed E-state index contributed by atoms with van der Waals surface area (Å²) in [6.07, 6.45) is 3.78. The van der Waals surface area contributed by atoms with E-state index in [9.17, 15) is 14.3 Å². The first-order valence-electron chi connectivity index (χ1n) is 7.02. The second kappa shape index (κ2) is 7.24. The summed E-state index contributed by atoms with van der Waals surface area (Å²) >= 11 is 0. The summed E-state index contributed by atoms with van der Waals surface area (Å²) in [5.41, 5.74) is 0. The molecule has 0 aromatic heterocycles. The van der Waals surface area contributed by atoms with E-state index in [0.717, 1.165) is 25.8 Å². The van der Waals surface area contributed by atoms with Crippen molar-refractivity contribution in [1.29, 1.82) is 0 Å². The van der Waals surface area contributed by atoms with Crippen LogP contribution < -0.4 is 4.74 Å². The van der Waals surface area contributed by atoms with Gasteiger partial charge in [0.05, 0.1) is 0 Å². The number of carboxylic acid groups (broad SMARTS) is 1. The van der Waals surface area contributed by atoms with Crippen LogP contribution in [0.15, 0.2) is 24.3 Å². The Hall–Kier alpha value is -1.62. The predicted molar refractivity (Wildman–Crippen MR) is 73.4 cm³/mol. The number of nitrogens with zero attached hydrogens (tertiary/aromatic N) is 1. The predicted octanol–water partition coefficient (Wildman–Crippen LogP) is 2.53. The summed E-state index contributed by atoms with van der Waals surface area (Å²) in [4.78, 5) is 13.2. The van der Waals surface area contributed by atoms with Crippen LogP contribution in [0.2, 0.25) is 0 Å². The van der Waals surface area contributed by atoms with Crippen molar-refractivity contribution in [2.75, 3.05) is 19.7 Å². The number of rotatable bonds is 5. The number of hydrogen-bond donors (Lipinski definition) is 1. The number of halogens is 1. The van der Waals surface area contributed by atoms with Crippen LogP contribution in [-0.4, -0.2) is 41.7 Å². The van der Waals surface area contributed by atoms with Gasteiger partial charge in [0.25, 0.3) is 0 Å². The number of carbonyl (C=O) groups is 1. The van der Waals surface area contributed by atoms with E-state index in [1.54, 1.807) is 12.1 Å². The fraction of sp³-hybridized carbons (Fsp3) is 0.533. The average Bonchev–Trinajstić information content (AvgIpc) is 2.66. The lowest BCUT2D eigenvalue weighted by molar-refractivity contribution is -0.143. The first kappa shape index (κ1) is 14.8. The Kier molecular flexibility index (Phi) is 5.35. The van der Waals surface area contributed by atoms with Gasteiger partial charge in [0.1, 0.15) is 24.2 Å². The molecule has 0 aliphatic carbocycles. The monoisotopic (exact) mass is 281 g/mol. The van der Waals surface area contributed by atoms with Crippen LogP contribution in [0, 0.1) is 5.82 Å². The largest absolute Gasteiger partial charge is 0.492 e. The first-order valence-corrected chi connectivity index (χ1v) is 7.02. The van der Waals surface area contributed by atoms with Gasteiger partial charge in [-0.3, -0.25) is 9.69 Å². The van der Waals surface area contributed by atoms with Gasteiger partial charge < -0.3 is 9.84 Å². The molecule has 1 aromatic rings. The third-order valence-electron chi connectivity index (χ3n) is 3.61. The van der Waals surface area contributed by atoms with E-state index < -0.39 is 12.0 Å². The lowest BCUT2D eigenvalue weighted by atomic mass is 10.1. The van der Waals surface area contributed by atoms with Crippen LogP contribution in [0.25, 0.3) is 0 Å². The summed E-state index contributed by atoms with van der Waals surface area (Å²) < 4.78 is 18.3. The van der Waals surface area contributed by atoms with Crippen molar-refractivity contribution in [3.8, 4) is 5.75 Å². The molecule has 1 aliphatic heterocycles. The van der Waals surface area contributed by atoms with Crippen LogP contribution in [-0.2, 0) is 4.79 Å². The summed E-state index contributed by atoms with van der Waals surface area (Å²) in [6, 6.07) is 5.44. The van der Waals surface area contributed by atoms with Crippen LogP contribution >= 0.6 is 0 Å². The smallest absolute Gasteiger partial charge is 0.320 e. The number of benzene rings is 1. The Morgan fingerprint density at radius 3 is 2.75 bits per heavy atom. The maximum absolute atomic E-state index is 12.8. The molecule has 1 unspecified atom stereocenters. The van der Waals surface area contributed by atoms with Gasteiger partial charge in [-0.15, -0.1) is 0 Å². The number of hydrogen-bond acceptors (Lipinski definition) is 3. The SMILES string of the molecule is O=C(O)C1CCCCCN1CCOc1ccc(F)cc1. The van der Waals surface area contributed by atoms with E-state index in [2.05, 4.69) is 0 Å². The lowest BCUT2D eigenvalue weighted by Gasteiger charge is -2.26. The lowest BCUT2D eigenvalue weighted by Crippen LogP contribution is -2.42. The van der Waals surface area contributed by atoms with E-state index >= 15 is 0 Å². The third-order valence-corrected chi connectivity index (χ3v) is 3.61. The van der Waals surface area contributed by atoms with Gasteiger partial charge in [0.15, 0.2) is 0 Å². The molecule has 0 radical (unpaired) electrons. The van der Waals surface area contributed by atoms with Crippen molar-refractivity contribution in [2.45, 2.75) is 31.7 Å². The molecule has 1 atom stereocenters. The van der Waals surface area contributed by atoms with E-state index in [1.165, 1.54) is 12.1 Å². The van der Waals surface area contributed by atoms with E-state index in [4.69, 9.17) is 4.74 Å². The van der Waals surface area contributed by atoms with Crippen LogP contribution in [0.3, 0.4) is 0 Å². The zero-order valence-electron chi connectivity index (χ0n) is 11.4. The molecule has 110 valence electrons. The summed E-state index contributed by atoms with van der Waals surface area (Å²) in [5, 5.41) is 9.26. The number of aliphatic carboxylic acids is 1. The van der Waals surface area contributed by atoms with Gasteiger partial charge in [-0.1, -0.05) is 12.8 Å². The maximum atomic E-state index is 12.8. The molecule has 1 fully saturated rings. The fourth-order valence-corrected chi connectivity index (χ4v) is 2.53. The summed E-state index contributed by atoms with van der Waals surface area (Å²) in [6.45, 7) is 1.79. The highest BCUT2D eigenvalue weighted by Crippen LogP contribution is 2.17. The molecule has 1 heterocycles. The number of carboxylic acids is 1. The molecule has 1 saturated heterocycles. The van der Waals surface area contributed by atoms with E-state index in [0.29, 0.717) is 25.3 Å². The Bertz CT molecular complexity index is 435. The van der Waals surface area contributed by atoms with Gasteiger partial charge in [-0.25, -0.2) is 4.39 Å². The molecule has 20 heavy (non-hydrogen) atoms. The normalized spacial score (nSPS) is 20.4. The Morgan fingerprint density at radius 2 is 2.05 bits per heavy atom. The Morgan fingerprint density at radius 1 is 1.30 bits per heavy atom. The first-order chi connectivity index (χ1) is 9.66. The van der Waals surface area contributed by atoms with Crippen molar-refractivity contribution in [1.82, 2.24) is 4.90 Å². The molecule has 0 saturated carbocycles. The van der Waals surface area contributed by atoms with Gasteiger partial charge in [-0.05, 0) is 43.7 Å². The van der Waals surface area contributed by atoms with Gasteiger partial charge >= 0.3 is 5.97 Å². The minimum atomic E-state index is -0.756. The summed E-state index contributed by atoms with van der Waals surface area (Å²) in [7, 11) is 0. The third kappa shape index (κ3) is 4.20. The molecular formula is C15H20FNO3. The van der Waals surface area contributed by atoms with Gasteiger partial charge in [0, 0.05) is 6.54 Å². The molecule has 4 nitrogen and oxygen atoms in total. The van der Waals surface area contributed by atoms with Crippen LogP contribution in [0.1, 0.15) is 25.7 Å². The molecule has 1 N–H and O–H groups in total. The molecule has 5 heteroatoms. The van der Waals surface area contributed by atoms with Crippen molar-refractivity contribution >= 4 is 5.97 Å². The fourth-order valence-electron chi connectivity index (χ4n) is 2.53. The molecular weight excluding hydrogens is 261 g/mol.